The summed E-state index contributed by atoms with van der Waals surface area (Å²) in [4.78, 5) is 15.4. The van der Waals surface area contributed by atoms with Gasteiger partial charge in [0.25, 0.3) is 0 Å². The Morgan fingerprint density at radius 3 is 3.04 bits per heavy atom. The lowest BCUT2D eigenvalue weighted by Gasteiger charge is -2.15. The molecule has 0 saturated heterocycles. The molecule has 0 unspecified atom stereocenters. The smallest absolute Gasteiger partial charge is 0.154 e. The number of anilines is 1. The summed E-state index contributed by atoms with van der Waals surface area (Å²) in [5, 5.41) is 4.43. The number of nitrogens with zero attached hydrogens (tertiary/aromatic N) is 6. The number of imidazole rings is 1. The Hall–Kier alpha value is -3.28. The first kappa shape index (κ1) is 13.2. The highest BCUT2D eigenvalue weighted by Gasteiger charge is 2.22. The van der Waals surface area contributed by atoms with Crippen LogP contribution in [0.3, 0.4) is 0 Å². The molecule has 5 heterocycles. The molecule has 3 aromatic heterocycles. The number of aliphatic imine (C=N–C) groups is 1. The third kappa shape index (κ3) is 1.89. The fourth-order valence-electron chi connectivity index (χ4n) is 3.21. The van der Waals surface area contributed by atoms with Gasteiger partial charge in [0, 0.05) is 47.7 Å². The number of fused-ring (bicyclic) bond motifs is 2. The van der Waals surface area contributed by atoms with Crippen LogP contribution in [0, 0.1) is 6.92 Å². The molecule has 116 valence electrons. The third-order valence-corrected chi connectivity index (χ3v) is 4.33. The normalized spacial score (nSPS) is 15.8. The first-order valence-corrected chi connectivity index (χ1v) is 7.77. The van der Waals surface area contributed by atoms with Crippen LogP contribution in [0.2, 0.25) is 0 Å². The molecule has 0 aromatic carbocycles. The van der Waals surface area contributed by atoms with Crippen LogP contribution in [0.4, 0.5) is 5.82 Å². The van der Waals surface area contributed by atoms with Gasteiger partial charge in [0.1, 0.15) is 5.82 Å². The van der Waals surface area contributed by atoms with Crippen molar-refractivity contribution in [3.8, 4) is 11.3 Å². The van der Waals surface area contributed by atoms with Gasteiger partial charge in [0.05, 0.1) is 17.9 Å². The Labute approximate surface area is 138 Å². The molecule has 6 nitrogen and oxygen atoms in total. The van der Waals surface area contributed by atoms with Gasteiger partial charge in [0.2, 0.25) is 0 Å². The minimum Gasteiger partial charge on any atom is -0.328 e. The number of aryl methyl sites for hydroxylation is 1. The molecular weight excluding hydrogens is 300 g/mol. The van der Waals surface area contributed by atoms with Crippen LogP contribution >= 0.6 is 0 Å². The highest BCUT2D eigenvalue weighted by molar-refractivity contribution is 5.91. The van der Waals surface area contributed by atoms with E-state index in [1.165, 1.54) is 5.57 Å². The van der Waals surface area contributed by atoms with Crippen LogP contribution in [-0.2, 0) is 0 Å². The first-order valence-electron chi connectivity index (χ1n) is 7.77. The summed E-state index contributed by atoms with van der Waals surface area (Å²) >= 11 is 0. The highest BCUT2D eigenvalue weighted by atomic mass is 15.3. The van der Waals surface area contributed by atoms with E-state index in [4.69, 9.17) is 0 Å². The van der Waals surface area contributed by atoms with E-state index in [2.05, 4.69) is 37.2 Å². The zero-order valence-corrected chi connectivity index (χ0v) is 13.1. The summed E-state index contributed by atoms with van der Waals surface area (Å²) in [6.45, 7) is 2.81. The Morgan fingerprint density at radius 2 is 2.12 bits per heavy atom. The predicted molar refractivity (Wildman–Crippen MR) is 93.0 cm³/mol. The molecule has 0 amide bonds. The standard InChI is InChI=1S/C18H14N6/c1-12-18(24-16(22-12)3-2-5-21-24)13-4-6-20-17(7-13)23-10-14-8-19-9-15(14)11-23/h2-10H,11H2,1H3. The molecule has 0 aliphatic carbocycles. The number of aromatic nitrogens is 4. The van der Waals surface area contributed by atoms with Crippen LogP contribution in [0.15, 0.2) is 65.2 Å². The van der Waals surface area contributed by atoms with E-state index in [9.17, 15) is 0 Å². The van der Waals surface area contributed by atoms with E-state index in [-0.39, 0.29) is 0 Å². The summed E-state index contributed by atoms with van der Waals surface area (Å²) in [6.07, 6.45) is 9.50. The highest BCUT2D eigenvalue weighted by Crippen LogP contribution is 2.30. The topological polar surface area (TPSA) is 58.7 Å². The van der Waals surface area contributed by atoms with Crippen LogP contribution in [0.1, 0.15) is 5.69 Å². The Morgan fingerprint density at radius 1 is 1.17 bits per heavy atom. The summed E-state index contributed by atoms with van der Waals surface area (Å²) in [7, 11) is 0. The second kappa shape index (κ2) is 4.86. The van der Waals surface area contributed by atoms with Gasteiger partial charge < -0.3 is 4.90 Å². The maximum atomic E-state index is 4.59. The van der Waals surface area contributed by atoms with Crippen molar-refractivity contribution in [1.29, 1.82) is 0 Å². The van der Waals surface area contributed by atoms with E-state index in [1.807, 2.05) is 48.2 Å². The fraction of sp³-hybridized carbons (Fsp3) is 0.111. The molecule has 2 aliphatic rings. The molecule has 6 heteroatoms. The lowest BCUT2D eigenvalue weighted by molar-refractivity contribution is 0.940. The van der Waals surface area contributed by atoms with Crippen LogP contribution in [0.5, 0.6) is 0 Å². The van der Waals surface area contributed by atoms with Crippen molar-refractivity contribution in [2.45, 2.75) is 6.92 Å². The summed E-state index contributed by atoms with van der Waals surface area (Å²) in [6, 6.07) is 7.94. The number of hydrogen-bond acceptors (Lipinski definition) is 5. The molecule has 0 N–H and O–H groups in total. The zero-order valence-electron chi connectivity index (χ0n) is 13.1. The lowest BCUT2D eigenvalue weighted by Crippen LogP contribution is -2.14. The molecule has 0 spiro atoms. The SMILES string of the molecule is Cc1nc2cccnn2c1-c1ccnc(N2C=C3C=NC=C3C2)c1. The average molecular weight is 314 g/mol. The largest absolute Gasteiger partial charge is 0.328 e. The average Bonchev–Trinajstić information content (AvgIpc) is 3.26. The van der Waals surface area contributed by atoms with Crippen molar-refractivity contribution in [2.75, 3.05) is 11.4 Å². The predicted octanol–water partition coefficient (Wildman–Crippen LogP) is 2.77. The summed E-state index contributed by atoms with van der Waals surface area (Å²) in [5.41, 5.74) is 6.26. The second-order valence-corrected chi connectivity index (χ2v) is 5.89. The first-order chi connectivity index (χ1) is 11.8. The molecule has 24 heavy (non-hydrogen) atoms. The van der Waals surface area contributed by atoms with Gasteiger partial charge in [-0.1, -0.05) is 0 Å². The molecule has 0 atom stereocenters. The second-order valence-electron chi connectivity index (χ2n) is 5.89. The quantitative estimate of drug-likeness (QED) is 0.730. The Kier molecular flexibility index (Phi) is 2.67. The maximum Gasteiger partial charge on any atom is 0.154 e. The van der Waals surface area contributed by atoms with Crippen molar-refractivity contribution < 1.29 is 0 Å². The van der Waals surface area contributed by atoms with E-state index in [0.29, 0.717) is 0 Å². The lowest BCUT2D eigenvalue weighted by atomic mass is 10.1. The fourth-order valence-corrected chi connectivity index (χ4v) is 3.21. The molecule has 5 rings (SSSR count). The van der Waals surface area contributed by atoms with Gasteiger partial charge in [-0.25, -0.2) is 14.5 Å². The van der Waals surface area contributed by atoms with E-state index in [0.717, 1.165) is 40.5 Å². The minimum atomic E-state index is 0.802. The number of rotatable bonds is 2. The van der Waals surface area contributed by atoms with Crippen molar-refractivity contribution in [2.24, 2.45) is 4.99 Å². The summed E-state index contributed by atoms with van der Waals surface area (Å²) in [5.74, 6) is 0.911. The number of hydrogen-bond donors (Lipinski definition) is 0. The van der Waals surface area contributed by atoms with Crippen molar-refractivity contribution in [1.82, 2.24) is 19.6 Å². The van der Waals surface area contributed by atoms with Gasteiger partial charge in [0.15, 0.2) is 5.65 Å². The zero-order chi connectivity index (χ0) is 16.1. The molecular formula is C18H14N6. The molecule has 0 saturated carbocycles. The van der Waals surface area contributed by atoms with Gasteiger partial charge in [-0.3, -0.25) is 4.99 Å². The molecule has 0 radical (unpaired) electrons. The maximum absolute atomic E-state index is 4.59. The van der Waals surface area contributed by atoms with Gasteiger partial charge in [-0.2, -0.15) is 5.10 Å². The molecule has 3 aromatic rings. The Balaban J connectivity index is 1.61. The van der Waals surface area contributed by atoms with Crippen molar-refractivity contribution >= 4 is 17.7 Å². The van der Waals surface area contributed by atoms with E-state index < -0.39 is 0 Å². The van der Waals surface area contributed by atoms with Crippen molar-refractivity contribution in [3.05, 3.63) is 65.9 Å². The Bertz CT molecular complexity index is 1060. The monoisotopic (exact) mass is 314 g/mol. The minimum absolute atomic E-state index is 0.802. The molecule has 2 aliphatic heterocycles. The van der Waals surface area contributed by atoms with Crippen molar-refractivity contribution in [3.63, 3.8) is 0 Å². The van der Waals surface area contributed by atoms with Crippen LogP contribution < -0.4 is 4.90 Å². The van der Waals surface area contributed by atoms with Gasteiger partial charge in [-0.15, -0.1) is 0 Å². The number of pyridine rings is 1. The van der Waals surface area contributed by atoms with E-state index in [1.54, 1.807) is 6.20 Å². The molecule has 0 fully saturated rings. The van der Waals surface area contributed by atoms with Gasteiger partial charge >= 0.3 is 0 Å². The van der Waals surface area contributed by atoms with Crippen LogP contribution in [-0.4, -0.2) is 32.3 Å². The third-order valence-electron chi connectivity index (χ3n) is 4.33. The van der Waals surface area contributed by atoms with Gasteiger partial charge in [-0.05, 0) is 31.2 Å². The van der Waals surface area contributed by atoms with Crippen LogP contribution in [0.25, 0.3) is 16.9 Å². The molecule has 0 bridgehead atoms. The summed E-state index contributed by atoms with van der Waals surface area (Å²) < 4.78 is 1.88. The van der Waals surface area contributed by atoms with E-state index >= 15 is 0 Å².